The molecule has 4 rings (SSSR count). The van der Waals surface area contributed by atoms with Crippen molar-refractivity contribution in [2.75, 3.05) is 0 Å². The van der Waals surface area contributed by atoms with E-state index in [1.807, 2.05) is 0 Å². The summed E-state index contributed by atoms with van der Waals surface area (Å²) in [6.45, 7) is 6.75. The number of rotatable bonds is 2. The predicted molar refractivity (Wildman–Crippen MR) is 80.9 cm³/mol. The second-order valence-corrected chi connectivity index (χ2v) is 8.00. The lowest BCUT2D eigenvalue weighted by Crippen LogP contribution is -2.35. The maximum atomic E-state index is 12.8. The molecule has 2 fully saturated rings. The largest absolute Gasteiger partial charge is 0.341 e. The molecule has 2 saturated carbocycles. The first-order chi connectivity index (χ1) is 9.95. The summed E-state index contributed by atoms with van der Waals surface area (Å²) in [7, 11) is 0. The molecule has 1 N–H and O–H groups in total. The average Bonchev–Trinajstić information content (AvgIpc) is 3.03. The molecule has 5 nitrogen and oxygen atoms in total. The molecule has 6 heteroatoms. The van der Waals surface area contributed by atoms with E-state index in [-0.39, 0.29) is 22.0 Å². The molecular weight excluding hydrogens is 284 g/mol. The molecule has 2 bridgehead atoms. The molecule has 2 aromatic heterocycles. The van der Waals surface area contributed by atoms with E-state index in [4.69, 9.17) is 0 Å². The van der Waals surface area contributed by atoms with Crippen LogP contribution in [0, 0.1) is 16.7 Å². The number of hydrogen-bond acceptors (Lipinski definition) is 5. The van der Waals surface area contributed by atoms with Crippen LogP contribution >= 0.6 is 11.8 Å². The van der Waals surface area contributed by atoms with Crippen LogP contribution in [0.5, 0.6) is 0 Å². The maximum absolute atomic E-state index is 12.8. The number of carbonyl (C=O) groups excluding carboxylic acids is 1. The minimum atomic E-state index is -0.0207. The molecule has 3 atom stereocenters. The van der Waals surface area contributed by atoms with Gasteiger partial charge in [0.25, 0.3) is 0 Å². The van der Waals surface area contributed by atoms with Gasteiger partial charge in [-0.25, -0.2) is 15.0 Å². The van der Waals surface area contributed by atoms with Crippen LogP contribution in [0.4, 0.5) is 0 Å². The summed E-state index contributed by atoms with van der Waals surface area (Å²) < 4.78 is 0. The minimum Gasteiger partial charge on any atom is -0.341 e. The molecule has 21 heavy (non-hydrogen) atoms. The molecule has 0 unspecified atom stereocenters. The summed E-state index contributed by atoms with van der Waals surface area (Å²) in [5, 5.41) is 0.813. The lowest BCUT2D eigenvalue weighted by Gasteiger charge is -2.37. The van der Waals surface area contributed by atoms with Crippen molar-refractivity contribution in [3.05, 3.63) is 12.7 Å². The number of nitrogens with zero attached hydrogens (tertiary/aromatic N) is 3. The van der Waals surface area contributed by atoms with Gasteiger partial charge in [0.1, 0.15) is 22.7 Å². The van der Waals surface area contributed by atoms with E-state index in [2.05, 4.69) is 40.7 Å². The summed E-state index contributed by atoms with van der Waals surface area (Å²) in [6, 6.07) is 0. The van der Waals surface area contributed by atoms with E-state index in [0.717, 1.165) is 23.4 Å². The van der Waals surface area contributed by atoms with E-state index in [9.17, 15) is 4.79 Å². The molecule has 2 aliphatic carbocycles. The third-order valence-corrected chi connectivity index (χ3v) is 7.41. The lowest BCUT2D eigenvalue weighted by atomic mass is 9.71. The van der Waals surface area contributed by atoms with Gasteiger partial charge in [0.15, 0.2) is 5.65 Å². The Hall–Kier alpha value is -1.43. The number of imidazole rings is 1. The quantitative estimate of drug-likeness (QED) is 0.864. The third-order valence-electron chi connectivity index (χ3n) is 5.89. The van der Waals surface area contributed by atoms with Gasteiger partial charge in [-0.15, -0.1) is 0 Å². The Labute approximate surface area is 127 Å². The van der Waals surface area contributed by atoms with Gasteiger partial charge >= 0.3 is 0 Å². The molecule has 2 heterocycles. The number of H-pyrrole nitrogens is 1. The Morgan fingerprint density at radius 1 is 1.29 bits per heavy atom. The molecule has 110 valence electrons. The van der Waals surface area contributed by atoms with E-state index in [0.29, 0.717) is 11.4 Å². The molecule has 0 saturated heterocycles. The van der Waals surface area contributed by atoms with Gasteiger partial charge in [0.05, 0.1) is 11.6 Å². The standard InChI is InChI=1S/C15H18N4OS/c1-14(2)8-4-5-15(14,3)11(10(8)20)21-13-9-12(17-6-16-9)18-7-19-13/h6-8,11H,4-5H2,1-3H3,(H,16,17,18,19)/t8-,11+,15-/m0/s1. The van der Waals surface area contributed by atoms with Crippen molar-refractivity contribution >= 4 is 28.7 Å². The SMILES string of the molecule is CC1(C)[C@H]2CC[C@@]1(C)[C@H](Sc1ncnc3nc[nH]c13)C2=O. The zero-order chi connectivity index (χ0) is 14.8. The summed E-state index contributed by atoms with van der Waals surface area (Å²) in [5.74, 6) is 0.587. The molecule has 2 aliphatic rings. The summed E-state index contributed by atoms with van der Waals surface area (Å²) in [4.78, 5) is 28.5. The Morgan fingerprint density at radius 3 is 2.81 bits per heavy atom. The highest BCUT2D eigenvalue weighted by atomic mass is 32.2. The molecule has 0 amide bonds. The second kappa shape index (κ2) is 4.06. The fourth-order valence-electron chi connectivity index (χ4n) is 4.12. The Bertz CT molecular complexity index is 740. The molecule has 0 aliphatic heterocycles. The van der Waals surface area contributed by atoms with Crippen molar-refractivity contribution in [1.82, 2.24) is 19.9 Å². The van der Waals surface area contributed by atoms with Crippen LogP contribution in [-0.2, 0) is 4.79 Å². The van der Waals surface area contributed by atoms with Gasteiger partial charge in [-0.2, -0.15) is 0 Å². The zero-order valence-corrected chi connectivity index (χ0v) is 13.2. The number of Topliss-reactive ketones (excluding diaryl/α,β-unsaturated/α-hetero) is 1. The molecular formula is C15H18N4OS. The van der Waals surface area contributed by atoms with Gasteiger partial charge in [-0.1, -0.05) is 32.5 Å². The van der Waals surface area contributed by atoms with Crippen molar-refractivity contribution in [2.24, 2.45) is 16.7 Å². The van der Waals surface area contributed by atoms with Crippen LogP contribution in [0.1, 0.15) is 33.6 Å². The van der Waals surface area contributed by atoms with Crippen LogP contribution in [0.15, 0.2) is 17.7 Å². The Balaban J connectivity index is 1.75. The Kier molecular flexibility index (Phi) is 2.56. The van der Waals surface area contributed by atoms with Crippen molar-refractivity contribution in [3.63, 3.8) is 0 Å². The highest BCUT2D eigenvalue weighted by Crippen LogP contribution is 2.67. The minimum absolute atomic E-state index is 0.0207. The summed E-state index contributed by atoms with van der Waals surface area (Å²) in [6.07, 6.45) is 5.29. The topological polar surface area (TPSA) is 71.5 Å². The molecule has 0 radical (unpaired) electrons. The Morgan fingerprint density at radius 2 is 2.10 bits per heavy atom. The predicted octanol–water partition coefficient (Wildman–Crippen LogP) is 2.84. The monoisotopic (exact) mass is 302 g/mol. The van der Waals surface area contributed by atoms with Crippen LogP contribution in [0.3, 0.4) is 0 Å². The fraction of sp³-hybridized carbons (Fsp3) is 0.600. The maximum Gasteiger partial charge on any atom is 0.181 e. The number of thioether (sulfide) groups is 1. The highest BCUT2D eigenvalue weighted by Gasteiger charge is 2.66. The first-order valence-electron chi connectivity index (χ1n) is 7.29. The highest BCUT2D eigenvalue weighted by molar-refractivity contribution is 8.00. The normalized spacial score (nSPS) is 34.0. The van der Waals surface area contributed by atoms with Crippen LogP contribution in [0.2, 0.25) is 0 Å². The number of aromatic nitrogens is 4. The lowest BCUT2D eigenvalue weighted by molar-refractivity contribution is -0.122. The first kappa shape index (κ1) is 13.2. The van der Waals surface area contributed by atoms with E-state index < -0.39 is 0 Å². The fourth-order valence-corrected chi connectivity index (χ4v) is 5.68. The van der Waals surface area contributed by atoms with Crippen molar-refractivity contribution in [3.8, 4) is 0 Å². The average molecular weight is 302 g/mol. The third kappa shape index (κ3) is 1.54. The van der Waals surface area contributed by atoms with Crippen LogP contribution in [0.25, 0.3) is 11.2 Å². The van der Waals surface area contributed by atoms with Crippen molar-refractivity contribution in [2.45, 2.75) is 43.9 Å². The number of nitrogens with one attached hydrogen (secondary N) is 1. The molecule has 0 aromatic carbocycles. The zero-order valence-electron chi connectivity index (χ0n) is 12.4. The van der Waals surface area contributed by atoms with E-state index in [1.54, 1.807) is 18.1 Å². The number of hydrogen-bond donors (Lipinski definition) is 1. The number of ketones is 1. The summed E-state index contributed by atoms with van der Waals surface area (Å²) >= 11 is 1.59. The van der Waals surface area contributed by atoms with Crippen molar-refractivity contribution < 1.29 is 4.79 Å². The summed E-state index contributed by atoms with van der Waals surface area (Å²) in [5.41, 5.74) is 1.60. The smallest absolute Gasteiger partial charge is 0.181 e. The van der Waals surface area contributed by atoms with Gasteiger partial charge in [0.2, 0.25) is 0 Å². The van der Waals surface area contributed by atoms with Crippen LogP contribution < -0.4 is 0 Å². The number of carbonyl (C=O) groups is 1. The van der Waals surface area contributed by atoms with E-state index in [1.165, 1.54) is 6.33 Å². The number of fused-ring (bicyclic) bond motifs is 3. The molecule has 2 aromatic rings. The van der Waals surface area contributed by atoms with Crippen molar-refractivity contribution in [1.29, 1.82) is 0 Å². The second-order valence-electron chi connectivity index (χ2n) is 6.91. The van der Waals surface area contributed by atoms with Gasteiger partial charge in [-0.05, 0) is 23.7 Å². The number of aromatic amines is 1. The van der Waals surface area contributed by atoms with Gasteiger partial charge in [0, 0.05) is 5.92 Å². The van der Waals surface area contributed by atoms with E-state index >= 15 is 0 Å². The molecule has 0 spiro atoms. The van der Waals surface area contributed by atoms with Gasteiger partial charge in [-0.3, -0.25) is 4.79 Å². The van der Waals surface area contributed by atoms with Crippen LogP contribution in [-0.4, -0.2) is 31.0 Å². The first-order valence-corrected chi connectivity index (χ1v) is 8.17. The van der Waals surface area contributed by atoms with Gasteiger partial charge < -0.3 is 4.98 Å².